The van der Waals surface area contributed by atoms with E-state index in [1.807, 2.05) is 0 Å². The third kappa shape index (κ3) is 3.33. The fourth-order valence-corrected chi connectivity index (χ4v) is 2.42. The van der Waals surface area contributed by atoms with Gasteiger partial charge in [0.05, 0.1) is 0 Å². The van der Waals surface area contributed by atoms with Crippen molar-refractivity contribution >= 4 is 19.9 Å². The topological polar surface area (TPSA) is 101 Å². The molecule has 0 saturated heterocycles. The molecule has 0 aromatic heterocycles. The van der Waals surface area contributed by atoms with Crippen molar-refractivity contribution in [3.8, 4) is 0 Å². The zero-order chi connectivity index (χ0) is 10.8. The van der Waals surface area contributed by atoms with Crippen LogP contribution in [0.15, 0.2) is 24.3 Å². The predicted octanol–water partition coefficient (Wildman–Crippen LogP) is 0.0305. The van der Waals surface area contributed by atoms with Crippen LogP contribution in [0.4, 0.5) is 5.69 Å². The number of nitro benzene ring substituents is 1. The number of benzene rings is 1. The Balaban J connectivity index is 2.95. The maximum absolute atomic E-state index is 10.7. The van der Waals surface area contributed by atoms with Gasteiger partial charge in [0.1, 0.15) is 0 Å². The summed E-state index contributed by atoms with van der Waals surface area (Å²) in [6.45, 7) is 0. The first-order valence-electron chi connectivity index (χ1n) is 3.66. The van der Waals surface area contributed by atoms with Crippen molar-refractivity contribution in [1.82, 2.24) is 0 Å². The van der Waals surface area contributed by atoms with Crippen molar-refractivity contribution in [2.24, 2.45) is 0 Å². The number of hydrogen-bond donors (Lipinski definition) is 2. The molecule has 0 saturated carbocycles. The zero-order valence-electron chi connectivity index (χ0n) is 7.03. The van der Waals surface area contributed by atoms with E-state index in [0.29, 0.717) is 0 Å². The van der Waals surface area contributed by atoms with Gasteiger partial charge in [0.15, 0.2) is 0 Å². The van der Waals surface area contributed by atoms with Crippen molar-refractivity contribution in [2.45, 2.75) is 5.21 Å². The molecule has 0 radical (unpaired) electrons. The third-order valence-electron chi connectivity index (χ3n) is 1.51. The summed E-state index contributed by atoms with van der Waals surface area (Å²) < 4.78 is 28.1. The third-order valence-corrected chi connectivity index (χ3v) is 3.14. The fraction of sp³-hybridized carbons (Fsp3) is 0.143. The standard InChI is InChI=1S/C7H8AsNO5/c10-8(11,12)5-6-2-1-3-7(4-6)9(13)14/h1-4H,5H2,(H2,10,11,12). The molecule has 0 aliphatic rings. The monoisotopic (exact) mass is 261 g/mol. The Morgan fingerprint density at radius 1 is 1.43 bits per heavy atom. The molecule has 1 aromatic rings. The van der Waals surface area contributed by atoms with Crippen molar-refractivity contribution < 1.29 is 16.9 Å². The van der Waals surface area contributed by atoms with Crippen LogP contribution in [-0.2, 0) is 8.95 Å². The van der Waals surface area contributed by atoms with E-state index in [9.17, 15) is 13.9 Å². The van der Waals surface area contributed by atoms with Crippen LogP contribution < -0.4 is 0 Å². The van der Waals surface area contributed by atoms with E-state index in [1.54, 1.807) is 0 Å². The first-order chi connectivity index (χ1) is 6.38. The summed E-state index contributed by atoms with van der Waals surface area (Å²) in [6, 6.07) is 5.29. The Kier molecular flexibility index (Phi) is 3.10. The Labute approximate surface area is 82.3 Å². The van der Waals surface area contributed by atoms with Crippen LogP contribution in [0, 0.1) is 10.1 Å². The van der Waals surface area contributed by atoms with Gasteiger partial charge >= 0.3 is 81.9 Å². The van der Waals surface area contributed by atoms with Crippen LogP contribution in [0.25, 0.3) is 0 Å². The molecule has 2 N–H and O–H groups in total. The number of nitrogens with zero attached hydrogens (tertiary/aromatic N) is 1. The normalized spacial score (nSPS) is 11.3. The quantitative estimate of drug-likeness (QED) is 0.454. The molecule has 0 fully saturated rings. The molecule has 0 amide bonds. The molecule has 0 atom stereocenters. The van der Waals surface area contributed by atoms with Crippen molar-refractivity contribution in [2.75, 3.05) is 0 Å². The molecule has 0 unspecified atom stereocenters. The predicted molar refractivity (Wildman–Crippen MR) is 47.7 cm³/mol. The second kappa shape index (κ2) is 3.96. The number of hydrogen-bond acceptors (Lipinski definition) is 3. The van der Waals surface area contributed by atoms with Gasteiger partial charge in [0.2, 0.25) is 0 Å². The molecular formula is C7H8AsNO5. The van der Waals surface area contributed by atoms with Gasteiger partial charge in [-0.2, -0.15) is 0 Å². The van der Waals surface area contributed by atoms with E-state index in [-0.39, 0.29) is 11.3 Å². The maximum atomic E-state index is 10.7. The Morgan fingerprint density at radius 2 is 2.07 bits per heavy atom. The van der Waals surface area contributed by atoms with Crippen molar-refractivity contribution in [3.63, 3.8) is 0 Å². The van der Waals surface area contributed by atoms with Gasteiger partial charge in [-0.1, -0.05) is 0 Å². The van der Waals surface area contributed by atoms with E-state index in [2.05, 4.69) is 0 Å². The molecule has 6 nitrogen and oxygen atoms in total. The van der Waals surface area contributed by atoms with E-state index < -0.39 is 24.3 Å². The molecule has 0 spiro atoms. The van der Waals surface area contributed by atoms with Crippen LogP contribution in [0.1, 0.15) is 5.56 Å². The van der Waals surface area contributed by atoms with Crippen LogP contribution in [0.2, 0.25) is 0 Å². The summed E-state index contributed by atoms with van der Waals surface area (Å²) in [5.41, 5.74) is 0.123. The van der Waals surface area contributed by atoms with Crippen LogP contribution in [0.3, 0.4) is 0 Å². The Hall–Kier alpha value is -1.10. The summed E-state index contributed by atoms with van der Waals surface area (Å²) in [5.74, 6) is 0. The summed E-state index contributed by atoms with van der Waals surface area (Å²) in [6.07, 6.45) is 0. The SMILES string of the molecule is O=[N+]([O-])c1cccc(C[As](=O)(O)O)c1. The van der Waals surface area contributed by atoms with Crippen molar-refractivity contribution in [3.05, 3.63) is 39.9 Å². The first kappa shape index (κ1) is 11.0. The number of rotatable bonds is 3. The van der Waals surface area contributed by atoms with Crippen LogP contribution in [0.5, 0.6) is 0 Å². The molecule has 7 heteroatoms. The van der Waals surface area contributed by atoms with E-state index in [1.165, 1.54) is 24.3 Å². The zero-order valence-corrected chi connectivity index (χ0v) is 8.91. The molecule has 14 heavy (non-hydrogen) atoms. The van der Waals surface area contributed by atoms with E-state index >= 15 is 0 Å². The van der Waals surface area contributed by atoms with E-state index in [0.717, 1.165) is 0 Å². The molecule has 0 aliphatic carbocycles. The summed E-state index contributed by atoms with van der Waals surface area (Å²) >= 11 is -4.75. The molecule has 0 bridgehead atoms. The number of non-ortho nitro benzene ring substituents is 1. The minimum absolute atomic E-state index is 0.161. The van der Waals surface area contributed by atoms with Gasteiger partial charge in [0.25, 0.3) is 0 Å². The summed E-state index contributed by atoms with van der Waals surface area (Å²) in [4.78, 5) is 9.73. The van der Waals surface area contributed by atoms with Crippen LogP contribution >= 0.6 is 0 Å². The average molecular weight is 261 g/mol. The summed E-state index contributed by atoms with van der Waals surface area (Å²) in [5, 5.41) is 9.92. The molecular weight excluding hydrogens is 253 g/mol. The van der Waals surface area contributed by atoms with Gasteiger partial charge in [-0.15, -0.1) is 0 Å². The molecule has 0 aliphatic heterocycles. The second-order valence-electron chi connectivity index (χ2n) is 2.75. The molecule has 76 valence electrons. The average Bonchev–Trinajstić information content (AvgIpc) is 2.01. The fourth-order valence-electron chi connectivity index (χ4n) is 1.01. The van der Waals surface area contributed by atoms with Gasteiger partial charge < -0.3 is 0 Å². The second-order valence-corrected chi connectivity index (χ2v) is 6.20. The summed E-state index contributed by atoms with van der Waals surface area (Å²) in [7, 11) is 0. The van der Waals surface area contributed by atoms with Crippen molar-refractivity contribution in [1.29, 1.82) is 0 Å². The Morgan fingerprint density at radius 3 is 2.57 bits per heavy atom. The molecule has 1 rings (SSSR count). The van der Waals surface area contributed by atoms with Gasteiger partial charge in [0, 0.05) is 0 Å². The number of nitro groups is 1. The molecule has 0 heterocycles. The molecule has 1 aromatic carbocycles. The van der Waals surface area contributed by atoms with Gasteiger partial charge in [-0.05, 0) is 0 Å². The van der Waals surface area contributed by atoms with Gasteiger partial charge in [-0.25, -0.2) is 0 Å². The van der Waals surface area contributed by atoms with Crippen LogP contribution in [-0.4, -0.2) is 27.3 Å². The van der Waals surface area contributed by atoms with E-state index in [4.69, 9.17) is 8.19 Å². The minimum atomic E-state index is -4.75. The van der Waals surface area contributed by atoms with Gasteiger partial charge in [-0.3, -0.25) is 0 Å². The first-order valence-corrected chi connectivity index (χ1v) is 7.43. The Bertz CT molecular complexity index is 399.